The van der Waals surface area contributed by atoms with Gasteiger partial charge in [0.1, 0.15) is 5.75 Å². The molecular weight excluding hydrogens is 334 g/mol. The zero-order valence-corrected chi connectivity index (χ0v) is 14.3. The smallest absolute Gasteiger partial charge is 0.335 e. The second kappa shape index (κ2) is 7.18. The predicted octanol–water partition coefficient (Wildman–Crippen LogP) is 2.61. The molecule has 0 spiro atoms. The fourth-order valence-corrected chi connectivity index (χ4v) is 2.59. The molecule has 0 aromatic heterocycles. The number of nitrogens with one attached hydrogen (secondary N) is 1. The average molecular weight is 351 g/mol. The van der Waals surface area contributed by atoms with Crippen molar-refractivity contribution in [2.75, 3.05) is 12.0 Å². The van der Waals surface area contributed by atoms with Crippen molar-refractivity contribution in [3.05, 3.63) is 54.1 Å². The molecule has 3 rings (SSSR count). The van der Waals surface area contributed by atoms with Crippen molar-refractivity contribution in [3.63, 3.8) is 0 Å². The van der Waals surface area contributed by atoms with E-state index in [-0.39, 0.29) is 0 Å². The fraction of sp³-hybridized carbons (Fsp3) is 0.158. The minimum Gasteiger partial charge on any atom is -0.497 e. The van der Waals surface area contributed by atoms with E-state index in [0.717, 1.165) is 10.5 Å². The van der Waals surface area contributed by atoms with Crippen LogP contribution in [0, 0.1) is 12.8 Å². The number of hydrogen-bond acceptors (Lipinski definition) is 5. The van der Waals surface area contributed by atoms with Gasteiger partial charge in [-0.25, -0.2) is 9.69 Å². The molecule has 1 aliphatic heterocycles. The quantitative estimate of drug-likeness (QED) is 0.677. The Morgan fingerprint density at radius 3 is 2.42 bits per heavy atom. The van der Waals surface area contributed by atoms with Gasteiger partial charge in [-0.3, -0.25) is 19.9 Å². The first-order valence-electron chi connectivity index (χ1n) is 7.94. The standard InChI is InChI=1S/C19H17N3O4/c1-12-5-3-4-6-16(12)22-18(24)15(17(23)21-19(22)25)11-20-13-7-9-14(26-2)10-8-13/h3-11,15H,1-2H3,(H,21,23,25)/t15-/m1/s1. The normalized spacial score (nSPS) is 17.5. The Morgan fingerprint density at radius 2 is 1.77 bits per heavy atom. The molecule has 1 heterocycles. The lowest BCUT2D eigenvalue weighted by molar-refractivity contribution is -0.131. The highest BCUT2D eigenvalue weighted by atomic mass is 16.5. The first-order chi connectivity index (χ1) is 12.5. The Morgan fingerprint density at radius 1 is 1.08 bits per heavy atom. The zero-order valence-electron chi connectivity index (χ0n) is 14.3. The second-order valence-electron chi connectivity index (χ2n) is 5.71. The number of methoxy groups -OCH3 is 1. The summed E-state index contributed by atoms with van der Waals surface area (Å²) in [5.41, 5.74) is 1.74. The van der Waals surface area contributed by atoms with Crippen LogP contribution in [0.25, 0.3) is 0 Å². The van der Waals surface area contributed by atoms with Crippen molar-refractivity contribution < 1.29 is 19.1 Å². The number of carbonyl (C=O) groups excluding carboxylic acids is 3. The molecule has 7 nitrogen and oxygen atoms in total. The molecule has 0 aliphatic carbocycles. The molecule has 1 fully saturated rings. The number of benzene rings is 2. The van der Waals surface area contributed by atoms with E-state index in [4.69, 9.17) is 4.74 Å². The van der Waals surface area contributed by atoms with Gasteiger partial charge in [0.15, 0.2) is 5.92 Å². The van der Waals surface area contributed by atoms with E-state index < -0.39 is 23.8 Å². The minimum absolute atomic E-state index is 0.436. The molecule has 0 saturated carbocycles. The molecule has 0 bridgehead atoms. The van der Waals surface area contributed by atoms with Gasteiger partial charge in [-0.15, -0.1) is 0 Å². The Kier molecular flexibility index (Phi) is 4.79. The molecule has 2 aromatic rings. The van der Waals surface area contributed by atoms with Crippen LogP contribution in [-0.4, -0.2) is 31.2 Å². The lowest BCUT2D eigenvalue weighted by Crippen LogP contribution is -2.58. The number of urea groups is 1. The molecule has 4 amide bonds. The summed E-state index contributed by atoms with van der Waals surface area (Å²) < 4.78 is 5.07. The van der Waals surface area contributed by atoms with Crippen molar-refractivity contribution in [3.8, 4) is 5.75 Å². The molecule has 1 saturated heterocycles. The summed E-state index contributed by atoms with van der Waals surface area (Å²) in [6, 6.07) is 13.0. The third-order valence-electron chi connectivity index (χ3n) is 4.00. The first-order valence-corrected chi connectivity index (χ1v) is 7.94. The third kappa shape index (κ3) is 3.32. The number of anilines is 1. The van der Waals surface area contributed by atoms with Crippen LogP contribution in [0.4, 0.5) is 16.2 Å². The van der Waals surface area contributed by atoms with Crippen molar-refractivity contribution in [1.82, 2.24) is 5.32 Å². The van der Waals surface area contributed by atoms with E-state index in [1.165, 1.54) is 6.21 Å². The zero-order chi connectivity index (χ0) is 18.7. The van der Waals surface area contributed by atoms with E-state index in [9.17, 15) is 14.4 Å². The van der Waals surface area contributed by atoms with Crippen LogP contribution in [0.2, 0.25) is 0 Å². The van der Waals surface area contributed by atoms with Crippen LogP contribution < -0.4 is 15.0 Å². The number of carbonyl (C=O) groups is 3. The van der Waals surface area contributed by atoms with Crippen LogP contribution in [0.3, 0.4) is 0 Å². The highest BCUT2D eigenvalue weighted by Gasteiger charge is 2.40. The Labute approximate surface area is 150 Å². The highest BCUT2D eigenvalue weighted by Crippen LogP contribution is 2.24. The molecule has 26 heavy (non-hydrogen) atoms. The molecule has 1 atom stereocenters. The minimum atomic E-state index is -1.19. The van der Waals surface area contributed by atoms with Crippen LogP contribution in [-0.2, 0) is 9.59 Å². The SMILES string of the molecule is COc1ccc(N=C[C@@H]2C(=O)NC(=O)N(c3ccccc3C)C2=O)cc1. The fourth-order valence-electron chi connectivity index (χ4n) is 2.59. The lowest BCUT2D eigenvalue weighted by Gasteiger charge is -2.29. The predicted molar refractivity (Wildman–Crippen MR) is 96.8 cm³/mol. The van der Waals surface area contributed by atoms with Crippen LogP contribution in [0.1, 0.15) is 5.56 Å². The lowest BCUT2D eigenvalue weighted by atomic mass is 10.0. The number of aryl methyl sites for hydroxylation is 1. The maximum absolute atomic E-state index is 12.8. The number of nitrogens with zero attached hydrogens (tertiary/aromatic N) is 2. The Bertz CT molecular complexity index is 890. The van der Waals surface area contributed by atoms with Crippen LogP contribution in [0.15, 0.2) is 53.5 Å². The number of ether oxygens (including phenoxy) is 1. The number of rotatable bonds is 4. The van der Waals surface area contributed by atoms with Crippen LogP contribution in [0.5, 0.6) is 5.75 Å². The van der Waals surface area contributed by atoms with Gasteiger partial charge in [-0.05, 0) is 42.8 Å². The Balaban J connectivity index is 1.87. The van der Waals surface area contributed by atoms with Gasteiger partial charge < -0.3 is 4.74 Å². The molecule has 0 radical (unpaired) electrons. The van der Waals surface area contributed by atoms with Gasteiger partial charge in [0, 0.05) is 6.21 Å². The number of amides is 4. The van der Waals surface area contributed by atoms with Crippen molar-refractivity contribution in [1.29, 1.82) is 0 Å². The number of aliphatic imine (C=N–C) groups is 1. The number of imide groups is 2. The molecule has 7 heteroatoms. The largest absolute Gasteiger partial charge is 0.497 e. The summed E-state index contributed by atoms with van der Waals surface area (Å²) in [4.78, 5) is 42.2. The van der Waals surface area contributed by atoms with Gasteiger partial charge in [-0.1, -0.05) is 18.2 Å². The Hall–Kier alpha value is -3.48. The summed E-state index contributed by atoms with van der Waals surface area (Å²) in [6.07, 6.45) is 1.25. The summed E-state index contributed by atoms with van der Waals surface area (Å²) in [6.45, 7) is 1.78. The average Bonchev–Trinajstić information content (AvgIpc) is 2.63. The van der Waals surface area contributed by atoms with E-state index in [1.807, 2.05) is 0 Å². The van der Waals surface area contributed by atoms with Crippen molar-refractivity contribution >= 4 is 35.4 Å². The molecule has 1 aliphatic rings. The topological polar surface area (TPSA) is 88.1 Å². The number of para-hydroxylation sites is 1. The maximum atomic E-state index is 12.8. The molecule has 132 valence electrons. The van der Waals surface area contributed by atoms with Crippen molar-refractivity contribution in [2.24, 2.45) is 10.9 Å². The van der Waals surface area contributed by atoms with E-state index in [1.54, 1.807) is 62.6 Å². The molecule has 1 N–H and O–H groups in total. The monoisotopic (exact) mass is 351 g/mol. The van der Waals surface area contributed by atoms with Crippen molar-refractivity contribution in [2.45, 2.75) is 6.92 Å². The van der Waals surface area contributed by atoms with Gasteiger partial charge in [-0.2, -0.15) is 0 Å². The summed E-state index contributed by atoms with van der Waals surface area (Å²) in [5, 5.41) is 2.21. The molecule has 0 unspecified atom stereocenters. The summed E-state index contributed by atoms with van der Waals surface area (Å²) >= 11 is 0. The van der Waals surface area contributed by atoms with E-state index in [2.05, 4.69) is 10.3 Å². The van der Waals surface area contributed by atoms with Gasteiger partial charge in [0.05, 0.1) is 18.5 Å². The molecular formula is C19H17N3O4. The van der Waals surface area contributed by atoms with E-state index >= 15 is 0 Å². The first kappa shape index (κ1) is 17.3. The van der Waals surface area contributed by atoms with Crippen LogP contribution >= 0.6 is 0 Å². The number of hydrogen-bond donors (Lipinski definition) is 1. The summed E-state index contributed by atoms with van der Waals surface area (Å²) in [7, 11) is 1.56. The highest BCUT2D eigenvalue weighted by molar-refractivity contribution is 6.32. The van der Waals surface area contributed by atoms with Gasteiger partial charge in [0.2, 0.25) is 5.91 Å². The molecule has 2 aromatic carbocycles. The number of barbiturate groups is 1. The summed E-state index contributed by atoms with van der Waals surface area (Å²) in [5.74, 6) is -1.84. The second-order valence-corrected chi connectivity index (χ2v) is 5.71. The maximum Gasteiger partial charge on any atom is 0.335 e. The van der Waals surface area contributed by atoms with Gasteiger partial charge >= 0.3 is 6.03 Å². The van der Waals surface area contributed by atoms with E-state index in [0.29, 0.717) is 17.1 Å². The van der Waals surface area contributed by atoms with Gasteiger partial charge in [0.25, 0.3) is 5.91 Å². The third-order valence-corrected chi connectivity index (χ3v) is 4.00.